The fraction of sp³-hybridized carbons (Fsp3) is 0.750. The molecule has 1 aliphatic heterocycles. The quantitative estimate of drug-likeness (QED) is 0.573. The predicted octanol–water partition coefficient (Wildman–Crippen LogP) is 0.378. The molecule has 8 heteroatoms. The largest absolute Gasteiger partial charge is 0.448 e. The second kappa shape index (κ2) is 5.53. The van der Waals surface area contributed by atoms with Crippen LogP contribution >= 0.6 is 11.8 Å². The summed E-state index contributed by atoms with van der Waals surface area (Å²) in [5.74, 6) is 0.272. The lowest BCUT2D eigenvalue weighted by molar-refractivity contribution is 0.163. The van der Waals surface area contributed by atoms with E-state index >= 15 is 0 Å². The maximum atomic E-state index is 11.2. The van der Waals surface area contributed by atoms with E-state index in [4.69, 9.17) is 5.73 Å². The molecule has 16 heavy (non-hydrogen) atoms. The molecule has 0 spiro atoms. The van der Waals surface area contributed by atoms with Gasteiger partial charge in [-0.25, -0.2) is 13.2 Å². The van der Waals surface area contributed by atoms with Crippen molar-refractivity contribution in [1.29, 1.82) is 0 Å². The first-order valence-corrected chi connectivity index (χ1v) is 7.51. The molecule has 1 fully saturated rings. The van der Waals surface area contributed by atoms with Crippen LogP contribution in [0.1, 0.15) is 13.3 Å². The van der Waals surface area contributed by atoms with E-state index in [0.29, 0.717) is 6.42 Å². The van der Waals surface area contributed by atoms with E-state index in [0.717, 1.165) is 11.8 Å². The van der Waals surface area contributed by atoms with Gasteiger partial charge in [-0.3, -0.25) is 0 Å². The zero-order valence-electron chi connectivity index (χ0n) is 8.88. The number of nitrogens with zero attached hydrogens (tertiary/aromatic N) is 1. The Labute approximate surface area is 98.5 Å². The van der Waals surface area contributed by atoms with E-state index in [2.05, 4.69) is 9.73 Å². The van der Waals surface area contributed by atoms with Crippen molar-refractivity contribution in [2.45, 2.75) is 18.6 Å². The van der Waals surface area contributed by atoms with Gasteiger partial charge >= 0.3 is 6.09 Å². The first kappa shape index (κ1) is 13.3. The summed E-state index contributed by atoms with van der Waals surface area (Å²) in [4.78, 5) is 14.4. The third kappa shape index (κ3) is 4.40. The van der Waals surface area contributed by atoms with E-state index in [1.54, 1.807) is 6.92 Å². The number of hydrogen-bond donors (Lipinski definition) is 1. The Bertz CT molecular complexity index is 391. The molecule has 0 unspecified atom stereocenters. The van der Waals surface area contributed by atoms with Crippen LogP contribution in [0.2, 0.25) is 0 Å². The summed E-state index contributed by atoms with van der Waals surface area (Å²) in [6.45, 7) is 1.90. The number of nitrogens with two attached hydrogens (primary N) is 1. The zero-order chi connectivity index (χ0) is 12.2. The maximum absolute atomic E-state index is 11.2. The van der Waals surface area contributed by atoms with Gasteiger partial charge in [-0.1, -0.05) is 11.8 Å². The Morgan fingerprint density at radius 2 is 2.31 bits per heavy atom. The van der Waals surface area contributed by atoms with Crippen molar-refractivity contribution in [3.8, 4) is 0 Å². The Morgan fingerprint density at radius 1 is 1.62 bits per heavy atom. The van der Waals surface area contributed by atoms with Gasteiger partial charge in [0.15, 0.2) is 15.0 Å². The average molecular weight is 266 g/mol. The van der Waals surface area contributed by atoms with E-state index < -0.39 is 15.9 Å². The molecule has 1 rings (SSSR count). The Kier molecular flexibility index (Phi) is 4.60. The molecule has 0 saturated carbocycles. The zero-order valence-corrected chi connectivity index (χ0v) is 10.5. The second-order valence-electron chi connectivity index (χ2n) is 3.29. The van der Waals surface area contributed by atoms with Crippen molar-refractivity contribution < 1.29 is 17.9 Å². The molecule has 0 bridgehead atoms. The molecule has 92 valence electrons. The van der Waals surface area contributed by atoms with Crippen LogP contribution in [-0.2, 0) is 14.6 Å². The maximum Gasteiger partial charge on any atom is 0.435 e. The number of sulfone groups is 1. The second-order valence-corrected chi connectivity index (χ2v) is 6.84. The number of thioether (sulfide) groups is 1. The van der Waals surface area contributed by atoms with Crippen molar-refractivity contribution in [3.63, 3.8) is 0 Å². The summed E-state index contributed by atoms with van der Waals surface area (Å²) in [6.07, 6.45) is -0.195. The van der Waals surface area contributed by atoms with Crippen LogP contribution < -0.4 is 5.73 Å². The average Bonchev–Trinajstić information content (AvgIpc) is 2.45. The molecule has 0 aromatic rings. The molecular formula is C8H14N2O4S2. The SMILES string of the molecule is CCOC(=O)N=C(N)S[C@@H]1CCS(=O)(=O)C1. The van der Waals surface area contributed by atoms with Gasteiger partial charge < -0.3 is 10.5 Å². The first-order valence-electron chi connectivity index (χ1n) is 4.81. The predicted molar refractivity (Wildman–Crippen MR) is 63.3 cm³/mol. The highest BCUT2D eigenvalue weighted by Gasteiger charge is 2.29. The lowest BCUT2D eigenvalue weighted by Gasteiger charge is -2.05. The normalized spacial score (nSPS) is 24.3. The third-order valence-corrected chi connectivity index (χ3v) is 4.99. The highest BCUT2D eigenvalue weighted by Crippen LogP contribution is 2.24. The summed E-state index contributed by atoms with van der Waals surface area (Å²) in [7, 11) is -2.93. The van der Waals surface area contributed by atoms with Gasteiger partial charge in [0.25, 0.3) is 0 Å². The van der Waals surface area contributed by atoms with Crippen LogP contribution in [-0.4, -0.2) is 43.0 Å². The first-order chi connectivity index (χ1) is 7.43. The Morgan fingerprint density at radius 3 is 2.81 bits per heavy atom. The minimum atomic E-state index is -2.93. The number of aliphatic imine (C=N–C) groups is 1. The molecule has 1 amide bonds. The molecule has 0 aromatic heterocycles. The monoisotopic (exact) mass is 266 g/mol. The van der Waals surface area contributed by atoms with Gasteiger partial charge in [0.1, 0.15) is 0 Å². The van der Waals surface area contributed by atoms with Crippen LogP contribution in [0.5, 0.6) is 0 Å². The molecule has 6 nitrogen and oxygen atoms in total. The van der Waals surface area contributed by atoms with Crippen molar-refractivity contribution >= 4 is 32.9 Å². The molecular weight excluding hydrogens is 252 g/mol. The van der Waals surface area contributed by atoms with E-state index in [1.807, 2.05) is 0 Å². The number of carbonyl (C=O) groups is 1. The van der Waals surface area contributed by atoms with Crippen molar-refractivity contribution in [3.05, 3.63) is 0 Å². The highest BCUT2D eigenvalue weighted by atomic mass is 32.2. The number of amides is 1. The highest BCUT2D eigenvalue weighted by molar-refractivity contribution is 8.15. The Balaban J connectivity index is 2.46. The van der Waals surface area contributed by atoms with E-state index in [9.17, 15) is 13.2 Å². The summed E-state index contributed by atoms with van der Waals surface area (Å²) in [5.41, 5.74) is 5.49. The van der Waals surface area contributed by atoms with Gasteiger partial charge in [-0.05, 0) is 13.3 Å². The van der Waals surface area contributed by atoms with E-state index in [1.165, 1.54) is 0 Å². The topological polar surface area (TPSA) is 98.8 Å². The van der Waals surface area contributed by atoms with Crippen LogP contribution in [0.25, 0.3) is 0 Å². The van der Waals surface area contributed by atoms with Gasteiger partial charge in [0.05, 0.1) is 18.1 Å². The van der Waals surface area contributed by atoms with Gasteiger partial charge in [-0.2, -0.15) is 4.99 Å². The molecule has 0 radical (unpaired) electrons. The summed E-state index contributed by atoms with van der Waals surface area (Å²) >= 11 is 1.11. The summed E-state index contributed by atoms with van der Waals surface area (Å²) in [5, 5.41) is -0.0521. The number of rotatable bonds is 2. The molecule has 1 aliphatic rings. The molecule has 2 N–H and O–H groups in total. The van der Waals surface area contributed by atoms with Crippen LogP contribution in [0.3, 0.4) is 0 Å². The van der Waals surface area contributed by atoms with E-state index in [-0.39, 0.29) is 28.5 Å². The minimum Gasteiger partial charge on any atom is -0.448 e. The lowest BCUT2D eigenvalue weighted by Crippen LogP contribution is -2.17. The van der Waals surface area contributed by atoms with Crippen molar-refractivity contribution in [1.82, 2.24) is 0 Å². The Hall–Kier alpha value is -0.760. The van der Waals surface area contributed by atoms with Crippen molar-refractivity contribution in [2.24, 2.45) is 10.7 Å². The van der Waals surface area contributed by atoms with Gasteiger partial charge in [-0.15, -0.1) is 0 Å². The van der Waals surface area contributed by atoms with Gasteiger partial charge in [0, 0.05) is 5.25 Å². The molecule has 1 atom stereocenters. The molecule has 1 saturated heterocycles. The fourth-order valence-electron chi connectivity index (χ4n) is 1.30. The molecule has 0 aromatic carbocycles. The summed E-state index contributed by atoms with van der Waals surface area (Å²) in [6, 6.07) is 0. The van der Waals surface area contributed by atoms with Crippen molar-refractivity contribution in [2.75, 3.05) is 18.1 Å². The van der Waals surface area contributed by atoms with Crippen LogP contribution in [0, 0.1) is 0 Å². The summed E-state index contributed by atoms with van der Waals surface area (Å²) < 4.78 is 26.9. The van der Waals surface area contributed by atoms with Crippen LogP contribution in [0.15, 0.2) is 4.99 Å². The number of ether oxygens (including phenoxy) is 1. The lowest BCUT2D eigenvalue weighted by atomic mass is 10.4. The molecule has 1 heterocycles. The fourth-order valence-corrected chi connectivity index (χ4v) is 4.59. The van der Waals surface area contributed by atoms with Gasteiger partial charge in [0.2, 0.25) is 0 Å². The number of carbonyl (C=O) groups excluding carboxylic acids is 1. The third-order valence-electron chi connectivity index (χ3n) is 1.95. The molecule has 0 aliphatic carbocycles. The standard InChI is InChI=1S/C8H14N2O4S2/c1-2-14-8(11)10-7(9)15-6-3-4-16(12,13)5-6/h6H,2-5H2,1H3,(H2,9,10,11)/t6-/m1/s1. The minimum absolute atomic E-state index is 0.0561. The number of hydrogen-bond acceptors (Lipinski definition) is 5. The van der Waals surface area contributed by atoms with Crippen LogP contribution in [0.4, 0.5) is 4.79 Å². The number of amidine groups is 1. The smallest absolute Gasteiger partial charge is 0.435 e.